The normalized spacial score (nSPS) is 20.9. The Morgan fingerprint density at radius 1 is 1.20 bits per heavy atom. The zero-order valence-electron chi connectivity index (χ0n) is 16.3. The summed E-state index contributed by atoms with van der Waals surface area (Å²) in [7, 11) is 0. The second kappa shape index (κ2) is 8.21. The Morgan fingerprint density at radius 3 is 2.93 bits per heavy atom. The summed E-state index contributed by atoms with van der Waals surface area (Å²) < 4.78 is 14.0. The summed E-state index contributed by atoms with van der Waals surface area (Å²) in [6, 6.07) is 4.85. The van der Waals surface area contributed by atoms with E-state index in [0.29, 0.717) is 29.5 Å². The standard InChI is InChI=1S/C21H21Cl2FN6/c22-14-3-4-15(24)21(23)13(14)11-30-7-1-2-16-20(30)9-19(29-26-16)18-8-17(27-28-18)12-5-6-25-10-12/h3-4,9,12,25H,1-2,5-8,10-11H2. The van der Waals surface area contributed by atoms with E-state index in [1.807, 2.05) is 6.07 Å². The van der Waals surface area contributed by atoms with E-state index in [-0.39, 0.29) is 5.02 Å². The molecule has 1 aromatic heterocycles. The molecule has 2 aromatic rings. The lowest BCUT2D eigenvalue weighted by molar-refractivity contribution is 0.622. The number of nitrogens with zero attached hydrogens (tertiary/aromatic N) is 5. The second-order valence-electron chi connectivity index (χ2n) is 7.91. The molecule has 0 bridgehead atoms. The van der Waals surface area contributed by atoms with Crippen LogP contribution in [0.4, 0.5) is 10.1 Å². The van der Waals surface area contributed by atoms with Crippen LogP contribution in [-0.2, 0) is 13.0 Å². The SMILES string of the molecule is Fc1ccc(Cl)c(CN2CCCc3nnc(C4=NN=C(C5CCNC5)C4)cc32)c1Cl. The molecule has 156 valence electrons. The molecule has 6 nitrogen and oxygen atoms in total. The predicted octanol–water partition coefficient (Wildman–Crippen LogP) is 4.03. The van der Waals surface area contributed by atoms with Crippen LogP contribution < -0.4 is 10.2 Å². The Kier molecular flexibility index (Phi) is 5.43. The number of nitrogens with one attached hydrogen (secondary N) is 1. The van der Waals surface area contributed by atoms with E-state index in [0.717, 1.165) is 67.4 Å². The molecule has 4 heterocycles. The molecule has 3 aliphatic rings. The second-order valence-corrected chi connectivity index (χ2v) is 8.70. The summed E-state index contributed by atoms with van der Waals surface area (Å²) in [5.74, 6) is -0.0150. The van der Waals surface area contributed by atoms with Gasteiger partial charge in [-0.3, -0.25) is 0 Å². The summed E-state index contributed by atoms with van der Waals surface area (Å²) in [5, 5.41) is 21.6. The summed E-state index contributed by atoms with van der Waals surface area (Å²) in [5.41, 5.74) is 5.18. The van der Waals surface area contributed by atoms with Crippen molar-refractivity contribution in [2.45, 2.75) is 32.2 Å². The van der Waals surface area contributed by atoms with Gasteiger partial charge in [-0.05, 0) is 44.0 Å². The third kappa shape index (κ3) is 3.70. The van der Waals surface area contributed by atoms with Gasteiger partial charge in [0.1, 0.15) is 11.5 Å². The molecule has 1 unspecified atom stereocenters. The van der Waals surface area contributed by atoms with E-state index in [1.54, 1.807) is 6.07 Å². The van der Waals surface area contributed by atoms with Gasteiger partial charge in [0.2, 0.25) is 0 Å². The first-order valence-corrected chi connectivity index (χ1v) is 10.9. The highest BCUT2D eigenvalue weighted by atomic mass is 35.5. The molecular weight excluding hydrogens is 426 g/mol. The Morgan fingerprint density at radius 2 is 2.10 bits per heavy atom. The van der Waals surface area contributed by atoms with Crippen LogP contribution in [0, 0.1) is 11.7 Å². The maximum atomic E-state index is 14.0. The van der Waals surface area contributed by atoms with Crippen LogP contribution in [0.2, 0.25) is 10.0 Å². The summed E-state index contributed by atoms with van der Waals surface area (Å²) >= 11 is 12.5. The Hall–Kier alpha value is -2.09. The van der Waals surface area contributed by atoms with E-state index >= 15 is 0 Å². The average molecular weight is 447 g/mol. The van der Waals surface area contributed by atoms with Crippen molar-refractivity contribution in [2.75, 3.05) is 24.5 Å². The van der Waals surface area contributed by atoms with Crippen molar-refractivity contribution in [1.29, 1.82) is 0 Å². The largest absolute Gasteiger partial charge is 0.365 e. The van der Waals surface area contributed by atoms with Crippen molar-refractivity contribution in [3.05, 3.63) is 51.0 Å². The lowest BCUT2D eigenvalue weighted by Crippen LogP contribution is -2.30. The first-order valence-electron chi connectivity index (χ1n) is 10.2. The van der Waals surface area contributed by atoms with E-state index in [2.05, 4.69) is 30.6 Å². The van der Waals surface area contributed by atoms with Gasteiger partial charge in [0.15, 0.2) is 0 Å². The van der Waals surface area contributed by atoms with Crippen molar-refractivity contribution in [2.24, 2.45) is 16.1 Å². The third-order valence-electron chi connectivity index (χ3n) is 5.99. The first-order chi connectivity index (χ1) is 14.6. The van der Waals surface area contributed by atoms with Crippen LogP contribution in [-0.4, -0.2) is 41.3 Å². The molecule has 1 saturated heterocycles. The van der Waals surface area contributed by atoms with Gasteiger partial charge < -0.3 is 10.2 Å². The fourth-order valence-electron chi connectivity index (χ4n) is 4.30. The number of hydrogen-bond acceptors (Lipinski definition) is 6. The monoisotopic (exact) mass is 446 g/mol. The summed E-state index contributed by atoms with van der Waals surface area (Å²) in [6.07, 6.45) is 3.60. The van der Waals surface area contributed by atoms with E-state index in [9.17, 15) is 4.39 Å². The minimum Gasteiger partial charge on any atom is -0.365 e. The molecule has 1 atom stereocenters. The van der Waals surface area contributed by atoms with Gasteiger partial charge in [0.25, 0.3) is 0 Å². The highest BCUT2D eigenvalue weighted by Crippen LogP contribution is 2.33. The molecule has 3 aliphatic heterocycles. The quantitative estimate of drug-likeness (QED) is 0.719. The molecule has 0 spiro atoms. The van der Waals surface area contributed by atoms with Crippen molar-refractivity contribution in [3.63, 3.8) is 0 Å². The fourth-order valence-corrected chi connectivity index (χ4v) is 4.79. The zero-order valence-corrected chi connectivity index (χ0v) is 17.8. The lowest BCUT2D eigenvalue weighted by atomic mass is 9.97. The van der Waals surface area contributed by atoms with Crippen LogP contribution in [0.5, 0.6) is 0 Å². The summed E-state index contributed by atoms with van der Waals surface area (Å²) in [4.78, 5) is 2.14. The van der Waals surface area contributed by atoms with Gasteiger partial charge in [-0.2, -0.15) is 15.3 Å². The average Bonchev–Trinajstić information content (AvgIpc) is 3.45. The minimum absolute atomic E-state index is 0.0697. The molecule has 1 fully saturated rings. The van der Waals surface area contributed by atoms with Crippen LogP contribution >= 0.6 is 23.2 Å². The van der Waals surface area contributed by atoms with Crippen LogP contribution in [0.3, 0.4) is 0 Å². The van der Waals surface area contributed by atoms with Crippen LogP contribution in [0.1, 0.15) is 36.2 Å². The molecule has 1 N–H and O–H groups in total. The number of hydrogen-bond donors (Lipinski definition) is 1. The zero-order chi connectivity index (χ0) is 20.7. The Balaban J connectivity index is 1.40. The Labute approximate surface area is 184 Å². The molecule has 9 heteroatoms. The molecular formula is C21H21Cl2FN6. The van der Waals surface area contributed by atoms with Crippen molar-refractivity contribution in [1.82, 2.24) is 15.5 Å². The number of benzene rings is 1. The molecule has 5 rings (SSSR count). The first kappa shape index (κ1) is 19.8. The number of rotatable bonds is 4. The van der Waals surface area contributed by atoms with Gasteiger partial charge >= 0.3 is 0 Å². The molecule has 0 saturated carbocycles. The highest BCUT2D eigenvalue weighted by Gasteiger charge is 2.28. The predicted molar refractivity (Wildman–Crippen MR) is 117 cm³/mol. The molecule has 30 heavy (non-hydrogen) atoms. The summed E-state index contributed by atoms with van der Waals surface area (Å²) in [6.45, 7) is 3.21. The van der Waals surface area contributed by atoms with Crippen molar-refractivity contribution in [3.8, 4) is 0 Å². The molecule has 0 amide bonds. The number of aryl methyl sites for hydroxylation is 1. The van der Waals surface area contributed by atoms with Crippen molar-refractivity contribution >= 4 is 40.3 Å². The number of fused-ring (bicyclic) bond motifs is 1. The van der Waals surface area contributed by atoms with E-state index < -0.39 is 5.82 Å². The smallest absolute Gasteiger partial charge is 0.142 e. The van der Waals surface area contributed by atoms with Gasteiger partial charge in [0.05, 0.1) is 27.8 Å². The maximum absolute atomic E-state index is 14.0. The van der Waals surface area contributed by atoms with Gasteiger partial charge in [-0.1, -0.05) is 23.2 Å². The van der Waals surface area contributed by atoms with Gasteiger partial charge in [0, 0.05) is 42.6 Å². The number of anilines is 1. The molecule has 1 aromatic carbocycles. The van der Waals surface area contributed by atoms with Gasteiger partial charge in [-0.15, -0.1) is 5.10 Å². The Bertz CT molecular complexity index is 1050. The molecule has 0 radical (unpaired) electrons. The number of halogens is 3. The lowest BCUT2D eigenvalue weighted by Gasteiger charge is -2.31. The number of aromatic nitrogens is 2. The highest BCUT2D eigenvalue weighted by molar-refractivity contribution is 6.36. The van der Waals surface area contributed by atoms with Crippen LogP contribution in [0.15, 0.2) is 28.4 Å². The fraction of sp³-hybridized carbons (Fsp3) is 0.429. The third-order valence-corrected chi connectivity index (χ3v) is 6.76. The van der Waals surface area contributed by atoms with E-state index in [4.69, 9.17) is 23.2 Å². The van der Waals surface area contributed by atoms with Gasteiger partial charge in [-0.25, -0.2) is 4.39 Å². The van der Waals surface area contributed by atoms with Crippen LogP contribution in [0.25, 0.3) is 0 Å². The minimum atomic E-state index is -0.465. The maximum Gasteiger partial charge on any atom is 0.142 e. The van der Waals surface area contributed by atoms with E-state index in [1.165, 1.54) is 6.07 Å². The topological polar surface area (TPSA) is 65.8 Å². The van der Waals surface area contributed by atoms with Crippen molar-refractivity contribution < 1.29 is 4.39 Å². The molecule has 0 aliphatic carbocycles.